The maximum Gasteiger partial charge on any atom is 0.306 e. The van der Waals surface area contributed by atoms with Crippen LogP contribution in [0.3, 0.4) is 0 Å². The molecule has 0 radical (unpaired) electrons. The first kappa shape index (κ1) is 32.4. The van der Waals surface area contributed by atoms with Crippen molar-refractivity contribution in [3.63, 3.8) is 0 Å². The van der Waals surface area contributed by atoms with Gasteiger partial charge >= 0.3 is 5.97 Å². The molecular formula is C35H53N7O2. The highest BCUT2D eigenvalue weighted by atomic mass is 16.5. The maximum absolute atomic E-state index is 11.7. The standard InChI is InChI=1S/C35H53N7O2/c1-4-44-34(43)11-10-30-6-8-31(9-7-30)25-41(26-32-36-15-16-37-32)27-33-38-17-23-42(33)19-5-18-40-22-14-35(28-40)12-20-39(21-13-35)24-29(2)3/h6-9,15-17,23,29H,4-5,10-14,18-22,24-28H2,1-3H3,(H,36,37). The molecule has 0 saturated carbocycles. The van der Waals surface area contributed by atoms with Crippen molar-refractivity contribution in [1.29, 1.82) is 0 Å². The number of aryl methyl sites for hydroxylation is 2. The minimum atomic E-state index is -0.140. The second-order valence-corrected chi connectivity index (χ2v) is 13.4. The van der Waals surface area contributed by atoms with Gasteiger partial charge in [0.05, 0.1) is 19.7 Å². The summed E-state index contributed by atoms with van der Waals surface area (Å²) < 4.78 is 7.41. The second kappa shape index (κ2) is 15.8. The Hall–Kier alpha value is -3.01. The van der Waals surface area contributed by atoms with Gasteiger partial charge < -0.3 is 24.1 Å². The number of benzene rings is 1. The highest BCUT2D eigenvalue weighted by Crippen LogP contribution is 2.40. The van der Waals surface area contributed by atoms with Crippen molar-refractivity contribution in [2.24, 2.45) is 11.3 Å². The minimum absolute atomic E-state index is 0.140. The lowest BCUT2D eigenvalue weighted by atomic mass is 9.77. The highest BCUT2D eigenvalue weighted by molar-refractivity contribution is 5.69. The molecule has 1 aromatic carbocycles. The first-order chi connectivity index (χ1) is 21.4. The molecule has 0 bridgehead atoms. The molecule has 0 aliphatic carbocycles. The largest absolute Gasteiger partial charge is 0.466 e. The molecule has 1 N–H and O–H groups in total. The average Bonchev–Trinajstić information content (AvgIpc) is 3.77. The zero-order valence-corrected chi connectivity index (χ0v) is 27.2. The molecule has 2 aliphatic heterocycles. The van der Waals surface area contributed by atoms with Crippen molar-refractivity contribution in [3.8, 4) is 0 Å². The number of carbonyl (C=O) groups excluding carboxylic acids is 1. The van der Waals surface area contributed by atoms with E-state index >= 15 is 0 Å². The lowest BCUT2D eigenvalue weighted by Gasteiger charge is -2.40. The van der Waals surface area contributed by atoms with Gasteiger partial charge in [0.2, 0.25) is 0 Å². The first-order valence-corrected chi connectivity index (χ1v) is 16.8. The smallest absolute Gasteiger partial charge is 0.306 e. The molecule has 9 nitrogen and oxygen atoms in total. The third kappa shape index (κ3) is 9.49. The molecule has 9 heteroatoms. The molecule has 0 unspecified atom stereocenters. The Morgan fingerprint density at radius 1 is 0.977 bits per heavy atom. The van der Waals surface area contributed by atoms with Crippen LogP contribution in [0.2, 0.25) is 0 Å². The van der Waals surface area contributed by atoms with Gasteiger partial charge in [0, 0.05) is 57.4 Å². The van der Waals surface area contributed by atoms with Crippen LogP contribution in [0.15, 0.2) is 49.1 Å². The highest BCUT2D eigenvalue weighted by Gasteiger charge is 2.40. The summed E-state index contributed by atoms with van der Waals surface area (Å²) in [7, 11) is 0. The zero-order valence-electron chi connectivity index (χ0n) is 27.2. The van der Waals surface area contributed by atoms with E-state index in [0.717, 1.165) is 62.3 Å². The molecule has 3 aromatic rings. The molecule has 2 fully saturated rings. The number of imidazole rings is 2. The normalized spacial score (nSPS) is 17.3. The van der Waals surface area contributed by atoms with Crippen LogP contribution in [0, 0.1) is 11.3 Å². The number of hydrogen-bond donors (Lipinski definition) is 1. The van der Waals surface area contributed by atoms with E-state index in [1.807, 2.05) is 25.5 Å². The third-order valence-electron chi connectivity index (χ3n) is 9.38. The van der Waals surface area contributed by atoms with Crippen molar-refractivity contribution in [1.82, 2.24) is 34.2 Å². The number of H-pyrrole nitrogens is 1. The van der Waals surface area contributed by atoms with Crippen LogP contribution in [0.25, 0.3) is 0 Å². The van der Waals surface area contributed by atoms with Gasteiger partial charge in [-0.05, 0) is 87.7 Å². The Kier molecular flexibility index (Phi) is 11.6. The van der Waals surface area contributed by atoms with E-state index < -0.39 is 0 Å². The van der Waals surface area contributed by atoms with Gasteiger partial charge in [-0.3, -0.25) is 9.69 Å². The summed E-state index contributed by atoms with van der Waals surface area (Å²) in [5.41, 5.74) is 2.93. The number of nitrogens with zero attached hydrogens (tertiary/aromatic N) is 6. The van der Waals surface area contributed by atoms with E-state index in [9.17, 15) is 4.79 Å². The average molecular weight is 604 g/mol. The summed E-state index contributed by atoms with van der Waals surface area (Å²) in [6.07, 6.45) is 14.1. The predicted molar refractivity (Wildman–Crippen MR) is 174 cm³/mol. The van der Waals surface area contributed by atoms with Crippen molar-refractivity contribution >= 4 is 5.97 Å². The molecule has 1 spiro atoms. The summed E-state index contributed by atoms with van der Waals surface area (Å²) in [6.45, 7) is 17.7. The third-order valence-corrected chi connectivity index (χ3v) is 9.38. The lowest BCUT2D eigenvalue weighted by Crippen LogP contribution is -2.42. The van der Waals surface area contributed by atoms with Crippen LogP contribution >= 0.6 is 0 Å². The number of rotatable bonds is 16. The van der Waals surface area contributed by atoms with Crippen LogP contribution in [-0.2, 0) is 42.1 Å². The van der Waals surface area contributed by atoms with Crippen LogP contribution in [0.4, 0.5) is 0 Å². The molecule has 0 atom stereocenters. The summed E-state index contributed by atoms with van der Waals surface area (Å²) in [4.78, 5) is 32.1. The number of nitrogens with one attached hydrogen (secondary N) is 1. The fourth-order valence-electron chi connectivity index (χ4n) is 7.03. The van der Waals surface area contributed by atoms with Crippen LogP contribution in [-0.4, -0.2) is 86.1 Å². The van der Waals surface area contributed by atoms with Crippen LogP contribution in [0.5, 0.6) is 0 Å². The Bertz CT molecular complexity index is 1260. The maximum atomic E-state index is 11.7. The van der Waals surface area contributed by atoms with Crippen LogP contribution in [0.1, 0.15) is 75.7 Å². The van der Waals surface area contributed by atoms with Crippen molar-refractivity contribution < 1.29 is 9.53 Å². The molecule has 44 heavy (non-hydrogen) atoms. The molecule has 2 saturated heterocycles. The SMILES string of the molecule is CCOC(=O)CCc1ccc(CN(Cc2ncc[nH]2)Cc2nccn2CCCN2CCC3(CCN(CC(C)C)CC3)C2)cc1. The zero-order chi connectivity index (χ0) is 30.8. The predicted octanol–water partition coefficient (Wildman–Crippen LogP) is 5.14. The van der Waals surface area contributed by atoms with Crippen molar-refractivity contribution in [2.75, 3.05) is 45.9 Å². The molecule has 2 aromatic heterocycles. The molecule has 5 rings (SSSR count). The van der Waals surface area contributed by atoms with E-state index in [-0.39, 0.29) is 5.97 Å². The van der Waals surface area contributed by atoms with E-state index in [1.54, 1.807) is 0 Å². The molecular weight excluding hydrogens is 550 g/mol. The van der Waals surface area contributed by atoms with Crippen molar-refractivity contribution in [2.45, 2.75) is 85.5 Å². The van der Waals surface area contributed by atoms with Gasteiger partial charge in [-0.1, -0.05) is 38.1 Å². The van der Waals surface area contributed by atoms with Gasteiger partial charge in [0.25, 0.3) is 0 Å². The quantitative estimate of drug-likeness (QED) is 0.227. The lowest BCUT2D eigenvalue weighted by molar-refractivity contribution is -0.143. The van der Waals surface area contributed by atoms with Gasteiger partial charge in [0.1, 0.15) is 11.6 Å². The fourth-order valence-corrected chi connectivity index (χ4v) is 7.03. The van der Waals surface area contributed by atoms with Gasteiger partial charge in [0.15, 0.2) is 0 Å². The Labute approximate surface area is 264 Å². The van der Waals surface area contributed by atoms with Gasteiger partial charge in [-0.2, -0.15) is 0 Å². The molecule has 4 heterocycles. The summed E-state index contributed by atoms with van der Waals surface area (Å²) >= 11 is 0. The number of aromatic amines is 1. The minimum Gasteiger partial charge on any atom is -0.466 e. The molecule has 0 amide bonds. The summed E-state index contributed by atoms with van der Waals surface area (Å²) in [6, 6.07) is 8.58. The Morgan fingerprint density at radius 2 is 1.73 bits per heavy atom. The Balaban J connectivity index is 1.11. The molecule has 2 aliphatic rings. The van der Waals surface area contributed by atoms with E-state index in [4.69, 9.17) is 9.72 Å². The fraction of sp³-hybridized carbons (Fsp3) is 0.629. The number of aromatic nitrogens is 4. The second-order valence-electron chi connectivity index (χ2n) is 13.4. The number of likely N-dealkylation sites (tertiary alicyclic amines) is 2. The van der Waals surface area contributed by atoms with Crippen molar-refractivity contribution in [3.05, 3.63) is 71.8 Å². The number of carbonyl (C=O) groups is 1. The van der Waals surface area contributed by atoms with Gasteiger partial charge in [-0.25, -0.2) is 9.97 Å². The van der Waals surface area contributed by atoms with Crippen LogP contribution < -0.4 is 0 Å². The number of piperidine rings is 1. The van der Waals surface area contributed by atoms with E-state index in [1.165, 1.54) is 57.5 Å². The van der Waals surface area contributed by atoms with Gasteiger partial charge in [-0.15, -0.1) is 0 Å². The number of ether oxygens (including phenoxy) is 1. The number of esters is 1. The monoisotopic (exact) mass is 603 g/mol. The Morgan fingerprint density at radius 3 is 2.43 bits per heavy atom. The first-order valence-electron chi connectivity index (χ1n) is 16.8. The van der Waals surface area contributed by atoms with E-state index in [2.05, 4.69) is 73.5 Å². The summed E-state index contributed by atoms with van der Waals surface area (Å²) in [5.74, 6) is 2.67. The topological polar surface area (TPSA) is 82.5 Å². The number of hydrogen-bond acceptors (Lipinski definition) is 7. The van der Waals surface area contributed by atoms with E-state index in [0.29, 0.717) is 24.9 Å². The summed E-state index contributed by atoms with van der Waals surface area (Å²) in [5, 5.41) is 0. The molecule has 240 valence electrons.